The van der Waals surface area contributed by atoms with E-state index in [9.17, 15) is 0 Å². The van der Waals surface area contributed by atoms with Gasteiger partial charge in [0, 0.05) is 25.0 Å². The fourth-order valence-electron chi connectivity index (χ4n) is 2.14. The van der Waals surface area contributed by atoms with Crippen LogP contribution in [-0.2, 0) is 0 Å². The summed E-state index contributed by atoms with van der Waals surface area (Å²) >= 11 is 0. The monoisotopic (exact) mass is 217 g/mol. The third kappa shape index (κ3) is 1.74. The summed E-state index contributed by atoms with van der Waals surface area (Å²) < 4.78 is 1.84. The highest BCUT2D eigenvalue weighted by molar-refractivity contribution is 5.67. The van der Waals surface area contributed by atoms with Crippen LogP contribution < -0.4 is 10.6 Å². The van der Waals surface area contributed by atoms with Crippen molar-refractivity contribution < 1.29 is 0 Å². The molecule has 1 unspecified atom stereocenters. The fourth-order valence-corrected chi connectivity index (χ4v) is 2.14. The van der Waals surface area contributed by atoms with Gasteiger partial charge in [-0.25, -0.2) is 9.50 Å². The van der Waals surface area contributed by atoms with Crippen LogP contribution in [0.1, 0.15) is 12.8 Å². The lowest BCUT2D eigenvalue weighted by molar-refractivity contribution is 0.479. The molecule has 1 saturated heterocycles. The van der Waals surface area contributed by atoms with E-state index in [1.54, 1.807) is 12.4 Å². The first-order chi connectivity index (χ1) is 7.93. The molecule has 0 aromatic carbocycles. The van der Waals surface area contributed by atoms with Crippen LogP contribution in [0.2, 0.25) is 0 Å². The molecule has 0 saturated carbocycles. The molecule has 0 bridgehead atoms. The first-order valence-electron chi connectivity index (χ1n) is 5.69. The summed E-state index contributed by atoms with van der Waals surface area (Å²) in [7, 11) is 0. The molecule has 1 fully saturated rings. The molecular weight excluding hydrogens is 202 g/mol. The Morgan fingerprint density at radius 2 is 2.44 bits per heavy atom. The average Bonchev–Trinajstić information content (AvgIpc) is 2.80. The van der Waals surface area contributed by atoms with E-state index in [0.29, 0.717) is 6.04 Å². The number of fused-ring (bicyclic) bond motifs is 1. The normalized spacial score (nSPS) is 21.1. The molecule has 5 nitrogen and oxygen atoms in total. The Bertz CT molecular complexity index is 472. The average molecular weight is 217 g/mol. The number of rotatable bonds is 2. The first-order valence-corrected chi connectivity index (χ1v) is 5.69. The lowest BCUT2D eigenvalue weighted by atomic mass is 10.1. The Kier molecular flexibility index (Phi) is 2.46. The van der Waals surface area contributed by atoms with E-state index in [-0.39, 0.29) is 0 Å². The summed E-state index contributed by atoms with van der Waals surface area (Å²) in [5, 5.41) is 11.1. The molecule has 3 heterocycles. The number of hydrogen-bond donors (Lipinski definition) is 2. The lowest BCUT2D eigenvalue weighted by Crippen LogP contribution is -2.38. The highest BCUT2D eigenvalue weighted by Crippen LogP contribution is 2.15. The van der Waals surface area contributed by atoms with Gasteiger partial charge >= 0.3 is 0 Å². The van der Waals surface area contributed by atoms with Gasteiger partial charge in [-0.2, -0.15) is 5.10 Å². The van der Waals surface area contributed by atoms with Crippen molar-refractivity contribution in [1.29, 1.82) is 0 Å². The van der Waals surface area contributed by atoms with E-state index in [4.69, 9.17) is 0 Å². The number of piperidine rings is 1. The number of hydrogen-bond acceptors (Lipinski definition) is 4. The fraction of sp³-hybridized carbons (Fsp3) is 0.455. The summed E-state index contributed by atoms with van der Waals surface area (Å²) in [6, 6.07) is 2.45. The van der Waals surface area contributed by atoms with Crippen molar-refractivity contribution in [3.63, 3.8) is 0 Å². The van der Waals surface area contributed by atoms with Gasteiger partial charge in [0.05, 0.1) is 6.20 Å². The van der Waals surface area contributed by atoms with Crippen molar-refractivity contribution in [2.45, 2.75) is 18.9 Å². The SMILES string of the molecule is c1cn2nccc2c(NC2CCCNC2)n1. The number of aromatic nitrogens is 3. The van der Waals surface area contributed by atoms with Crippen LogP contribution in [0.4, 0.5) is 5.82 Å². The van der Waals surface area contributed by atoms with Gasteiger partial charge in [-0.15, -0.1) is 0 Å². The molecule has 0 aliphatic carbocycles. The molecule has 1 atom stereocenters. The molecule has 2 aromatic heterocycles. The van der Waals surface area contributed by atoms with E-state index in [1.807, 2.05) is 16.8 Å². The smallest absolute Gasteiger partial charge is 0.152 e. The lowest BCUT2D eigenvalue weighted by Gasteiger charge is -2.24. The zero-order valence-electron chi connectivity index (χ0n) is 9.06. The second kappa shape index (κ2) is 4.09. The summed E-state index contributed by atoms with van der Waals surface area (Å²) in [5.74, 6) is 0.925. The van der Waals surface area contributed by atoms with Gasteiger partial charge in [0.1, 0.15) is 5.52 Å². The zero-order valence-corrected chi connectivity index (χ0v) is 9.06. The maximum absolute atomic E-state index is 4.37. The molecule has 1 aliphatic rings. The number of nitrogens with one attached hydrogen (secondary N) is 2. The molecule has 2 aromatic rings. The second-order valence-electron chi connectivity index (χ2n) is 4.12. The van der Waals surface area contributed by atoms with Crippen molar-refractivity contribution in [1.82, 2.24) is 19.9 Å². The van der Waals surface area contributed by atoms with Crippen molar-refractivity contribution in [2.24, 2.45) is 0 Å². The highest BCUT2D eigenvalue weighted by atomic mass is 15.2. The van der Waals surface area contributed by atoms with E-state index in [1.165, 1.54) is 12.8 Å². The van der Waals surface area contributed by atoms with Gasteiger partial charge < -0.3 is 10.6 Å². The predicted octanol–water partition coefficient (Wildman–Crippen LogP) is 0.893. The molecule has 5 heteroatoms. The Morgan fingerprint density at radius 1 is 1.44 bits per heavy atom. The number of anilines is 1. The van der Waals surface area contributed by atoms with Crippen molar-refractivity contribution in [3.8, 4) is 0 Å². The van der Waals surface area contributed by atoms with E-state index >= 15 is 0 Å². The summed E-state index contributed by atoms with van der Waals surface area (Å²) in [6.07, 6.45) is 7.85. The quantitative estimate of drug-likeness (QED) is 0.784. The van der Waals surface area contributed by atoms with Crippen LogP contribution in [0, 0.1) is 0 Å². The standard InChI is InChI=1S/C11H15N5/c1-2-9(8-12-4-1)15-11-10-3-5-14-16(10)7-6-13-11/h3,5-7,9,12H,1-2,4,8H2,(H,13,15). The summed E-state index contributed by atoms with van der Waals surface area (Å²) in [5.41, 5.74) is 1.04. The summed E-state index contributed by atoms with van der Waals surface area (Å²) in [4.78, 5) is 4.37. The third-order valence-corrected chi connectivity index (χ3v) is 2.96. The predicted molar refractivity (Wildman–Crippen MR) is 62.5 cm³/mol. The summed E-state index contributed by atoms with van der Waals surface area (Å²) in [6.45, 7) is 2.14. The van der Waals surface area contributed by atoms with Crippen molar-refractivity contribution >= 4 is 11.3 Å². The molecule has 1 aliphatic heterocycles. The second-order valence-corrected chi connectivity index (χ2v) is 4.12. The molecule has 0 amide bonds. The van der Waals surface area contributed by atoms with E-state index in [0.717, 1.165) is 24.4 Å². The van der Waals surface area contributed by atoms with Crippen LogP contribution in [0.3, 0.4) is 0 Å². The van der Waals surface area contributed by atoms with Crippen LogP contribution in [0.15, 0.2) is 24.7 Å². The Balaban J connectivity index is 1.85. The van der Waals surface area contributed by atoms with Gasteiger partial charge in [-0.3, -0.25) is 0 Å². The maximum Gasteiger partial charge on any atom is 0.152 e. The van der Waals surface area contributed by atoms with Crippen LogP contribution in [-0.4, -0.2) is 33.7 Å². The molecule has 3 rings (SSSR count). The van der Waals surface area contributed by atoms with Crippen LogP contribution >= 0.6 is 0 Å². The molecule has 16 heavy (non-hydrogen) atoms. The third-order valence-electron chi connectivity index (χ3n) is 2.96. The molecular formula is C11H15N5. The number of nitrogens with zero attached hydrogens (tertiary/aromatic N) is 3. The van der Waals surface area contributed by atoms with Gasteiger partial charge in [0.15, 0.2) is 5.82 Å². The van der Waals surface area contributed by atoms with Gasteiger partial charge in [0.25, 0.3) is 0 Å². The Labute approximate surface area is 93.9 Å². The largest absolute Gasteiger partial charge is 0.364 e. The van der Waals surface area contributed by atoms with E-state index in [2.05, 4.69) is 20.7 Å². The topological polar surface area (TPSA) is 54.2 Å². The molecule has 2 N–H and O–H groups in total. The van der Waals surface area contributed by atoms with E-state index < -0.39 is 0 Å². The molecule has 0 spiro atoms. The Morgan fingerprint density at radius 3 is 3.31 bits per heavy atom. The van der Waals surface area contributed by atoms with Crippen molar-refractivity contribution in [3.05, 3.63) is 24.7 Å². The minimum Gasteiger partial charge on any atom is -0.364 e. The maximum atomic E-state index is 4.37. The van der Waals surface area contributed by atoms with Crippen molar-refractivity contribution in [2.75, 3.05) is 18.4 Å². The molecule has 84 valence electrons. The Hall–Kier alpha value is -1.62. The van der Waals surface area contributed by atoms with Crippen LogP contribution in [0.25, 0.3) is 5.52 Å². The van der Waals surface area contributed by atoms with Gasteiger partial charge in [0.2, 0.25) is 0 Å². The highest BCUT2D eigenvalue weighted by Gasteiger charge is 2.14. The van der Waals surface area contributed by atoms with Gasteiger partial charge in [-0.1, -0.05) is 0 Å². The van der Waals surface area contributed by atoms with Crippen LogP contribution in [0.5, 0.6) is 0 Å². The zero-order chi connectivity index (χ0) is 10.8. The minimum atomic E-state index is 0.474. The molecule has 0 radical (unpaired) electrons. The minimum absolute atomic E-state index is 0.474. The van der Waals surface area contributed by atoms with Gasteiger partial charge in [-0.05, 0) is 25.5 Å². The first kappa shape index (κ1) is 9.59.